The molecule has 0 bridgehead atoms. The van der Waals surface area contributed by atoms with E-state index in [1.165, 1.54) is 0 Å². The highest BCUT2D eigenvalue weighted by atomic mass is 16.5. The van der Waals surface area contributed by atoms with Crippen molar-refractivity contribution >= 4 is 5.91 Å². The van der Waals surface area contributed by atoms with Gasteiger partial charge in [0.25, 0.3) is 5.91 Å². The number of benzene rings is 2. The van der Waals surface area contributed by atoms with E-state index in [1.807, 2.05) is 68.6 Å². The summed E-state index contributed by atoms with van der Waals surface area (Å²) in [6.07, 6.45) is 2.71. The zero-order valence-corrected chi connectivity index (χ0v) is 16.6. The third-order valence-electron chi connectivity index (χ3n) is 4.63. The first-order chi connectivity index (χ1) is 13.6. The summed E-state index contributed by atoms with van der Waals surface area (Å²) < 4.78 is 12.5. The number of nitrogens with zero attached hydrogens (tertiary/aromatic N) is 2. The van der Waals surface area contributed by atoms with Crippen LogP contribution in [0, 0.1) is 0 Å². The Morgan fingerprint density at radius 3 is 2.46 bits per heavy atom. The fourth-order valence-electron chi connectivity index (χ4n) is 2.86. The van der Waals surface area contributed by atoms with Gasteiger partial charge in [-0.2, -0.15) is 5.10 Å². The highest BCUT2D eigenvalue weighted by molar-refractivity contribution is 5.99. The monoisotopic (exact) mass is 379 g/mol. The molecule has 1 amide bonds. The molecule has 6 heteroatoms. The van der Waals surface area contributed by atoms with Crippen molar-refractivity contribution in [3.63, 3.8) is 0 Å². The van der Waals surface area contributed by atoms with Gasteiger partial charge in [-0.25, -0.2) is 4.68 Å². The molecule has 1 heterocycles. The summed E-state index contributed by atoms with van der Waals surface area (Å²) in [5, 5.41) is 7.58. The predicted octanol–water partition coefficient (Wildman–Crippen LogP) is 4.08. The molecule has 0 aliphatic heterocycles. The van der Waals surface area contributed by atoms with Gasteiger partial charge in [0.15, 0.2) is 17.2 Å². The van der Waals surface area contributed by atoms with E-state index in [2.05, 4.69) is 10.4 Å². The van der Waals surface area contributed by atoms with Crippen LogP contribution in [0.25, 0.3) is 16.8 Å². The summed E-state index contributed by atoms with van der Waals surface area (Å²) >= 11 is 0. The maximum absolute atomic E-state index is 12.9. The Balaban J connectivity index is 2.10. The normalized spacial score (nSPS) is 11.7. The molecule has 0 spiro atoms. The van der Waals surface area contributed by atoms with Crippen molar-refractivity contribution in [1.29, 1.82) is 0 Å². The van der Waals surface area contributed by atoms with Gasteiger partial charge in [0, 0.05) is 17.8 Å². The van der Waals surface area contributed by atoms with Crippen molar-refractivity contribution in [2.24, 2.45) is 0 Å². The van der Waals surface area contributed by atoms with Crippen LogP contribution < -0.4 is 14.8 Å². The number of carbonyl (C=O) groups excluding carboxylic acids is 1. The Hall–Kier alpha value is -3.28. The number of ether oxygens (including phenoxy) is 2. The minimum atomic E-state index is -0.200. The molecule has 146 valence electrons. The number of nitrogens with one attached hydrogen (secondary N) is 1. The SMILES string of the molecule is CCC(C)NC(=O)c1nn(-c2ccccc2)cc1-c1ccc(OC)c(OC)c1. The Bertz CT molecular complexity index is 951. The molecule has 0 fully saturated rings. The second kappa shape index (κ2) is 8.61. The predicted molar refractivity (Wildman–Crippen MR) is 109 cm³/mol. The first-order valence-corrected chi connectivity index (χ1v) is 9.25. The number of amides is 1. The largest absolute Gasteiger partial charge is 0.493 e. The molecule has 28 heavy (non-hydrogen) atoms. The zero-order valence-electron chi connectivity index (χ0n) is 16.6. The number of hydrogen-bond acceptors (Lipinski definition) is 4. The van der Waals surface area contributed by atoms with Crippen LogP contribution in [0.15, 0.2) is 54.7 Å². The Labute approximate surface area is 165 Å². The number of methoxy groups -OCH3 is 2. The minimum Gasteiger partial charge on any atom is -0.493 e. The van der Waals surface area contributed by atoms with Crippen LogP contribution in [-0.4, -0.2) is 35.9 Å². The lowest BCUT2D eigenvalue weighted by molar-refractivity contribution is 0.0934. The van der Waals surface area contributed by atoms with E-state index >= 15 is 0 Å². The summed E-state index contributed by atoms with van der Waals surface area (Å²) in [6.45, 7) is 4.00. The van der Waals surface area contributed by atoms with E-state index in [-0.39, 0.29) is 11.9 Å². The minimum absolute atomic E-state index is 0.0626. The van der Waals surface area contributed by atoms with E-state index in [9.17, 15) is 4.79 Å². The van der Waals surface area contributed by atoms with Crippen LogP contribution in [-0.2, 0) is 0 Å². The topological polar surface area (TPSA) is 65.4 Å². The quantitative estimate of drug-likeness (QED) is 0.672. The van der Waals surface area contributed by atoms with Gasteiger partial charge in [0.1, 0.15) is 0 Å². The Kier molecular flexibility index (Phi) is 5.99. The highest BCUT2D eigenvalue weighted by Gasteiger charge is 2.21. The summed E-state index contributed by atoms with van der Waals surface area (Å²) in [6, 6.07) is 15.3. The van der Waals surface area contributed by atoms with Gasteiger partial charge in [0.05, 0.1) is 19.9 Å². The highest BCUT2D eigenvalue weighted by Crippen LogP contribution is 2.34. The van der Waals surface area contributed by atoms with Gasteiger partial charge >= 0.3 is 0 Å². The van der Waals surface area contributed by atoms with Crippen LogP contribution in [0.2, 0.25) is 0 Å². The van der Waals surface area contributed by atoms with E-state index < -0.39 is 0 Å². The van der Waals surface area contributed by atoms with Crippen molar-refractivity contribution in [1.82, 2.24) is 15.1 Å². The van der Waals surface area contributed by atoms with Crippen molar-refractivity contribution in [3.05, 3.63) is 60.4 Å². The average molecular weight is 379 g/mol. The van der Waals surface area contributed by atoms with Crippen molar-refractivity contribution in [2.75, 3.05) is 14.2 Å². The van der Waals surface area contributed by atoms with Crippen LogP contribution in [0.1, 0.15) is 30.8 Å². The standard InChI is InChI=1S/C22H25N3O3/c1-5-15(2)23-22(26)21-18(14-25(24-21)17-9-7-6-8-10-17)16-11-12-19(27-3)20(13-16)28-4/h6-15H,5H2,1-4H3,(H,23,26). The molecule has 2 aromatic carbocycles. The Morgan fingerprint density at radius 2 is 1.82 bits per heavy atom. The maximum Gasteiger partial charge on any atom is 0.272 e. The molecule has 0 saturated carbocycles. The zero-order chi connectivity index (χ0) is 20.1. The van der Waals surface area contributed by atoms with Gasteiger partial charge in [-0.3, -0.25) is 4.79 Å². The van der Waals surface area contributed by atoms with Crippen molar-refractivity contribution in [2.45, 2.75) is 26.3 Å². The summed E-state index contributed by atoms with van der Waals surface area (Å²) in [5.74, 6) is 1.03. The smallest absolute Gasteiger partial charge is 0.272 e. The van der Waals surface area contributed by atoms with Gasteiger partial charge in [-0.15, -0.1) is 0 Å². The third-order valence-corrected chi connectivity index (χ3v) is 4.63. The molecule has 0 aliphatic rings. The fourth-order valence-corrected chi connectivity index (χ4v) is 2.86. The molecule has 1 N–H and O–H groups in total. The van der Waals surface area contributed by atoms with Crippen LogP contribution in [0.3, 0.4) is 0 Å². The molecule has 3 aromatic rings. The van der Waals surface area contributed by atoms with Crippen LogP contribution in [0.4, 0.5) is 0 Å². The van der Waals surface area contributed by atoms with E-state index in [0.29, 0.717) is 17.2 Å². The second-order valence-corrected chi connectivity index (χ2v) is 6.52. The summed E-state index contributed by atoms with van der Waals surface area (Å²) in [7, 11) is 3.18. The van der Waals surface area contributed by atoms with E-state index in [1.54, 1.807) is 18.9 Å². The summed E-state index contributed by atoms with van der Waals surface area (Å²) in [5.41, 5.74) is 2.81. The lowest BCUT2D eigenvalue weighted by atomic mass is 10.0. The molecule has 1 aromatic heterocycles. The second-order valence-electron chi connectivity index (χ2n) is 6.52. The summed E-state index contributed by atoms with van der Waals surface area (Å²) in [4.78, 5) is 12.9. The van der Waals surface area contributed by atoms with Crippen LogP contribution in [0.5, 0.6) is 11.5 Å². The number of para-hydroxylation sites is 1. The first kappa shape index (κ1) is 19.5. The van der Waals surface area contributed by atoms with Gasteiger partial charge in [-0.05, 0) is 43.2 Å². The maximum atomic E-state index is 12.9. The van der Waals surface area contributed by atoms with E-state index in [4.69, 9.17) is 9.47 Å². The molecule has 1 unspecified atom stereocenters. The van der Waals surface area contributed by atoms with E-state index in [0.717, 1.165) is 23.2 Å². The molecule has 0 saturated heterocycles. The van der Waals surface area contributed by atoms with Crippen LogP contribution >= 0.6 is 0 Å². The Morgan fingerprint density at radius 1 is 1.11 bits per heavy atom. The number of rotatable bonds is 7. The molecule has 0 radical (unpaired) electrons. The average Bonchev–Trinajstić information content (AvgIpc) is 3.19. The van der Waals surface area contributed by atoms with Crippen molar-refractivity contribution < 1.29 is 14.3 Å². The lowest BCUT2D eigenvalue weighted by Crippen LogP contribution is -2.32. The van der Waals surface area contributed by atoms with Crippen molar-refractivity contribution in [3.8, 4) is 28.3 Å². The molecule has 6 nitrogen and oxygen atoms in total. The molecular weight excluding hydrogens is 354 g/mol. The lowest BCUT2D eigenvalue weighted by Gasteiger charge is -2.12. The first-order valence-electron chi connectivity index (χ1n) is 9.25. The molecular formula is C22H25N3O3. The fraction of sp³-hybridized carbons (Fsp3) is 0.273. The number of carbonyl (C=O) groups is 1. The van der Waals surface area contributed by atoms with Gasteiger partial charge in [0.2, 0.25) is 0 Å². The molecule has 1 atom stereocenters. The third kappa shape index (κ3) is 4.01. The number of hydrogen-bond donors (Lipinski definition) is 1. The van der Waals surface area contributed by atoms with Gasteiger partial charge < -0.3 is 14.8 Å². The molecule has 0 aliphatic carbocycles. The van der Waals surface area contributed by atoms with Gasteiger partial charge in [-0.1, -0.05) is 31.2 Å². The number of aromatic nitrogens is 2. The molecule has 3 rings (SSSR count).